The third-order valence-electron chi connectivity index (χ3n) is 3.22. The zero-order chi connectivity index (χ0) is 11.0. The van der Waals surface area contributed by atoms with E-state index in [2.05, 4.69) is 13.8 Å². The van der Waals surface area contributed by atoms with Crippen LogP contribution in [0.1, 0.15) is 33.1 Å². The van der Waals surface area contributed by atoms with Gasteiger partial charge in [0.1, 0.15) is 0 Å². The molecule has 0 aromatic rings. The van der Waals surface area contributed by atoms with Crippen molar-refractivity contribution >= 4 is 7.60 Å². The Labute approximate surface area is 85.0 Å². The minimum absolute atomic E-state index is 0.0883. The van der Waals surface area contributed by atoms with E-state index in [-0.39, 0.29) is 17.9 Å². The standard InChI is InChI=1S/C9H20NO3P/c1-9(2)4-3-7(5-9)8(6-10)14(11,12)13/h7-8H,3-6,10H2,1-2H3,(H2,11,12,13). The van der Waals surface area contributed by atoms with E-state index < -0.39 is 13.3 Å². The number of rotatable bonds is 3. The Bertz CT molecular complexity index is 248. The van der Waals surface area contributed by atoms with E-state index in [1.54, 1.807) is 0 Å². The van der Waals surface area contributed by atoms with E-state index in [1.807, 2.05) is 0 Å². The summed E-state index contributed by atoms with van der Waals surface area (Å²) in [6, 6.07) is 0. The monoisotopic (exact) mass is 221 g/mol. The SMILES string of the molecule is CC1(C)CCC(C(CN)P(=O)(O)O)C1. The van der Waals surface area contributed by atoms with Crippen LogP contribution in [0.25, 0.3) is 0 Å². The summed E-state index contributed by atoms with van der Waals surface area (Å²) in [6.07, 6.45) is 2.80. The van der Waals surface area contributed by atoms with Crippen LogP contribution in [0.4, 0.5) is 0 Å². The quantitative estimate of drug-likeness (QED) is 0.627. The molecule has 2 atom stereocenters. The zero-order valence-corrected chi connectivity index (χ0v) is 9.70. The molecule has 1 aliphatic carbocycles. The van der Waals surface area contributed by atoms with Crippen LogP contribution in [0.3, 0.4) is 0 Å². The molecule has 1 aliphatic rings. The van der Waals surface area contributed by atoms with Gasteiger partial charge in [0.15, 0.2) is 0 Å². The summed E-state index contributed by atoms with van der Waals surface area (Å²) in [7, 11) is -4.01. The van der Waals surface area contributed by atoms with Gasteiger partial charge in [0, 0.05) is 6.54 Å². The Balaban J connectivity index is 2.70. The molecule has 4 nitrogen and oxygen atoms in total. The third-order valence-corrected chi connectivity index (χ3v) is 4.72. The summed E-state index contributed by atoms with van der Waals surface area (Å²) < 4.78 is 11.2. The molecule has 0 saturated heterocycles. The van der Waals surface area contributed by atoms with Crippen LogP contribution in [0.2, 0.25) is 0 Å². The molecule has 1 saturated carbocycles. The van der Waals surface area contributed by atoms with Gasteiger partial charge >= 0.3 is 7.60 Å². The van der Waals surface area contributed by atoms with Gasteiger partial charge in [0.05, 0.1) is 5.66 Å². The molecule has 0 aromatic carbocycles. The van der Waals surface area contributed by atoms with E-state index >= 15 is 0 Å². The second kappa shape index (κ2) is 3.93. The van der Waals surface area contributed by atoms with Gasteiger partial charge in [-0.2, -0.15) is 0 Å². The molecule has 84 valence electrons. The molecule has 14 heavy (non-hydrogen) atoms. The highest BCUT2D eigenvalue weighted by Gasteiger charge is 2.41. The molecule has 0 heterocycles. The molecule has 0 radical (unpaired) electrons. The number of hydrogen-bond acceptors (Lipinski definition) is 2. The lowest BCUT2D eigenvalue weighted by Gasteiger charge is -2.24. The smallest absolute Gasteiger partial charge is 0.330 e. The fraction of sp³-hybridized carbons (Fsp3) is 1.00. The maximum Gasteiger partial charge on any atom is 0.330 e. The maximum atomic E-state index is 11.2. The van der Waals surface area contributed by atoms with Crippen LogP contribution >= 0.6 is 7.60 Å². The van der Waals surface area contributed by atoms with Crippen molar-refractivity contribution in [2.24, 2.45) is 17.1 Å². The van der Waals surface area contributed by atoms with Gasteiger partial charge in [-0.1, -0.05) is 13.8 Å². The largest absolute Gasteiger partial charge is 0.330 e. The van der Waals surface area contributed by atoms with E-state index in [1.165, 1.54) is 0 Å². The second-order valence-corrected chi connectivity index (χ2v) is 6.90. The third kappa shape index (κ3) is 2.80. The van der Waals surface area contributed by atoms with Crippen molar-refractivity contribution in [1.29, 1.82) is 0 Å². The Morgan fingerprint density at radius 3 is 2.43 bits per heavy atom. The highest BCUT2D eigenvalue weighted by atomic mass is 31.2. The van der Waals surface area contributed by atoms with Crippen molar-refractivity contribution < 1.29 is 14.4 Å². The van der Waals surface area contributed by atoms with Gasteiger partial charge in [-0.05, 0) is 30.6 Å². The predicted molar refractivity (Wildman–Crippen MR) is 56.0 cm³/mol. The molecule has 0 aromatic heterocycles. The minimum atomic E-state index is -4.01. The molecule has 0 amide bonds. The van der Waals surface area contributed by atoms with Gasteiger partial charge in [-0.25, -0.2) is 0 Å². The first kappa shape index (κ1) is 12.2. The van der Waals surface area contributed by atoms with Crippen LogP contribution < -0.4 is 5.73 Å². The Morgan fingerprint density at radius 1 is 1.57 bits per heavy atom. The van der Waals surface area contributed by atoms with E-state index in [4.69, 9.17) is 15.5 Å². The molecule has 0 bridgehead atoms. The van der Waals surface area contributed by atoms with Crippen molar-refractivity contribution in [3.05, 3.63) is 0 Å². The molecule has 0 spiro atoms. The van der Waals surface area contributed by atoms with Crippen molar-refractivity contribution in [2.45, 2.75) is 38.8 Å². The normalized spacial score (nSPS) is 29.1. The van der Waals surface area contributed by atoms with Gasteiger partial charge in [0.25, 0.3) is 0 Å². The summed E-state index contributed by atoms with van der Waals surface area (Å²) in [5.74, 6) is 0.0934. The zero-order valence-electron chi connectivity index (χ0n) is 8.81. The first-order valence-corrected chi connectivity index (χ1v) is 6.70. The van der Waals surface area contributed by atoms with Crippen LogP contribution in [-0.2, 0) is 4.57 Å². The fourth-order valence-electron chi connectivity index (χ4n) is 2.42. The average molecular weight is 221 g/mol. The van der Waals surface area contributed by atoms with Gasteiger partial charge < -0.3 is 15.5 Å². The maximum absolute atomic E-state index is 11.2. The van der Waals surface area contributed by atoms with Crippen LogP contribution in [0.5, 0.6) is 0 Å². The lowest BCUT2D eigenvalue weighted by Crippen LogP contribution is -2.28. The summed E-state index contributed by atoms with van der Waals surface area (Å²) >= 11 is 0. The number of hydrogen-bond donors (Lipinski definition) is 3. The summed E-state index contributed by atoms with van der Waals surface area (Å²) in [5.41, 5.74) is 5.02. The summed E-state index contributed by atoms with van der Waals surface area (Å²) in [4.78, 5) is 18.3. The number of nitrogens with two attached hydrogens (primary N) is 1. The fourth-order valence-corrected chi connectivity index (χ4v) is 3.50. The van der Waals surface area contributed by atoms with Crippen molar-refractivity contribution in [3.8, 4) is 0 Å². The molecule has 4 N–H and O–H groups in total. The van der Waals surface area contributed by atoms with Gasteiger partial charge in [-0.15, -0.1) is 0 Å². The van der Waals surface area contributed by atoms with Crippen molar-refractivity contribution in [1.82, 2.24) is 0 Å². The molecular formula is C9H20NO3P. The van der Waals surface area contributed by atoms with E-state index in [0.717, 1.165) is 19.3 Å². The highest BCUT2D eigenvalue weighted by Crippen LogP contribution is 2.52. The Hall–Kier alpha value is 0.110. The topological polar surface area (TPSA) is 83.6 Å². The van der Waals surface area contributed by atoms with E-state index in [0.29, 0.717) is 0 Å². The Morgan fingerprint density at radius 2 is 2.14 bits per heavy atom. The molecule has 2 unspecified atom stereocenters. The van der Waals surface area contributed by atoms with E-state index in [9.17, 15) is 4.57 Å². The molecule has 0 aliphatic heterocycles. The minimum Gasteiger partial charge on any atom is -0.330 e. The lowest BCUT2D eigenvalue weighted by atomic mass is 9.90. The van der Waals surface area contributed by atoms with Crippen molar-refractivity contribution in [2.75, 3.05) is 6.54 Å². The molecular weight excluding hydrogens is 201 g/mol. The second-order valence-electron chi connectivity index (χ2n) is 5.06. The summed E-state index contributed by atoms with van der Waals surface area (Å²) in [6.45, 7) is 4.37. The average Bonchev–Trinajstić information content (AvgIpc) is 2.29. The first-order chi connectivity index (χ1) is 6.26. The first-order valence-electron chi connectivity index (χ1n) is 5.01. The molecule has 5 heteroatoms. The van der Waals surface area contributed by atoms with Crippen molar-refractivity contribution in [3.63, 3.8) is 0 Å². The predicted octanol–water partition coefficient (Wildman–Crippen LogP) is 1.32. The van der Waals surface area contributed by atoms with Crippen LogP contribution in [-0.4, -0.2) is 22.0 Å². The van der Waals surface area contributed by atoms with Crippen LogP contribution in [0, 0.1) is 11.3 Å². The molecule has 1 rings (SSSR count). The van der Waals surface area contributed by atoms with Gasteiger partial charge in [0.2, 0.25) is 0 Å². The molecule has 1 fully saturated rings. The van der Waals surface area contributed by atoms with Gasteiger partial charge in [-0.3, -0.25) is 4.57 Å². The highest BCUT2D eigenvalue weighted by molar-refractivity contribution is 7.52. The van der Waals surface area contributed by atoms with Crippen LogP contribution in [0.15, 0.2) is 0 Å². The lowest BCUT2D eigenvalue weighted by molar-refractivity contribution is 0.316. The summed E-state index contributed by atoms with van der Waals surface area (Å²) in [5, 5.41) is 0. The Kier molecular flexibility index (Phi) is 3.42.